The van der Waals surface area contributed by atoms with E-state index in [0.29, 0.717) is 31.0 Å². The molecule has 1 saturated heterocycles. The van der Waals surface area contributed by atoms with E-state index in [1.807, 2.05) is 7.05 Å². The second kappa shape index (κ2) is 4.06. The zero-order valence-corrected chi connectivity index (χ0v) is 8.49. The Morgan fingerprint density at radius 1 is 1.57 bits per heavy atom. The Bertz CT molecular complexity index is 300. The first-order valence-electron chi connectivity index (χ1n) is 4.88. The average Bonchev–Trinajstić information content (AvgIpc) is 2.74. The van der Waals surface area contributed by atoms with Crippen LogP contribution in [0.2, 0.25) is 0 Å². The second-order valence-corrected chi connectivity index (χ2v) is 3.66. The van der Waals surface area contributed by atoms with Crippen molar-refractivity contribution in [2.75, 3.05) is 13.7 Å². The van der Waals surface area contributed by atoms with Gasteiger partial charge in [-0.05, 0) is 20.4 Å². The molecule has 1 N–H and O–H groups in total. The number of hydrogen-bond acceptors (Lipinski definition) is 5. The normalized spacial score (nSPS) is 27.0. The molecule has 0 bridgehead atoms. The molecule has 2 atom stereocenters. The molecule has 2 heterocycles. The minimum atomic E-state index is 0.281. The quantitative estimate of drug-likeness (QED) is 0.772. The number of ether oxygens (including phenoxy) is 1. The van der Waals surface area contributed by atoms with Crippen molar-refractivity contribution in [3.63, 3.8) is 0 Å². The highest BCUT2D eigenvalue weighted by atomic mass is 16.5. The van der Waals surface area contributed by atoms with E-state index in [9.17, 15) is 0 Å². The maximum absolute atomic E-state index is 5.45. The highest BCUT2D eigenvalue weighted by molar-refractivity contribution is 4.97. The summed E-state index contributed by atoms with van der Waals surface area (Å²) in [7, 11) is 1.86. The Labute approximate surface area is 82.8 Å². The third-order valence-corrected chi connectivity index (χ3v) is 2.37. The maximum Gasteiger partial charge on any atom is 0.232 e. The lowest BCUT2D eigenvalue weighted by atomic mass is 10.1. The fourth-order valence-corrected chi connectivity index (χ4v) is 1.65. The molecule has 1 aliphatic heterocycles. The third kappa shape index (κ3) is 1.93. The molecule has 0 radical (unpaired) electrons. The number of nitrogens with one attached hydrogen (secondary N) is 1. The molecule has 0 aliphatic carbocycles. The zero-order chi connectivity index (χ0) is 9.97. The Morgan fingerprint density at radius 2 is 2.43 bits per heavy atom. The van der Waals surface area contributed by atoms with Gasteiger partial charge in [-0.25, -0.2) is 0 Å². The first-order chi connectivity index (χ1) is 6.79. The van der Waals surface area contributed by atoms with Gasteiger partial charge in [0.05, 0.1) is 25.2 Å². The molecular formula is C9H15N3O2. The molecule has 78 valence electrons. The fraction of sp³-hybridized carbons (Fsp3) is 0.778. The standard InChI is InChI=1S/C9H15N3O2/c1-6-3-7(5-13-6)9-11-8(4-10-2)12-14-9/h6-7,10H,3-5H2,1-2H3. The molecule has 0 saturated carbocycles. The molecule has 0 spiro atoms. The van der Waals surface area contributed by atoms with Crippen LogP contribution in [0.15, 0.2) is 4.52 Å². The summed E-state index contributed by atoms with van der Waals surface area (Å²) in [6.45, 7) is 3.40. The second-order valence-electron chi connectivity index (χ2n) is 3.66. The van der Waals surface area contributed by atoms with E-state index >= 15 is 0 Å². The Balaban J connectivity index is 2.02. The van der Waals surface area contributed by atoms with Crippen molar-refractivity contribution in [3.8, 4) is 0 Å². The van der Waals surface area contributed by atoms with Gasteiger partial charge in [-0.15, -0.1) is 0 Å². The van der Waals surface area contributed by atoms with Crippen LogP contribution in [-0.4, -0.2) is 29.9 Å². The predicted molar refractivity (Wildman–Crippen MR) is 49.8 cm³/mol. The SMILES string of the molecule is CNCc1noc(C2COC(C)C2)n1. The van der Waals surface area contributed by atoms with Crippen LogP contribution >= 0.6 is 0 Å². The van der Waals surface area contributed by atoms with Crippen molar-refractivity contribution >= 4 is 0 Å². The van der Waals surface area contributed by atoms with Gasteiger partial charge in [0, 0.05) is 0 Å². The van der Waals surface area contributed by atoms with Gasteiger partial charge in [-0.2, -0.15) is 4.98 Å². The number of aromatic nitrogens is 2. The number of hydrogen-bond donors (Lipinski definition) is 1. The van der Waals surface area contributed by atoms with Crippen molar-refractivity contribution in [2.45, 2.75) is 31.9 Å². The minimum Gasteiger partial charge on any atom is -0.378 e. The van der Waals surface area contributed by atoms with Crippen molar-refractivity contribution in [1.82, 2.24) is 15.5 Å². The van der Waals surface area contributed by atoms with E-state index in [-0.39, 0.29) is 5.92 Å². The van der Waals surface area contributed by atoms with E-state index in [1.165, 1.54) is 0 Å². The number of nitrogens with zero attached hydrogens (tertiary/aromatic N) is 2. The van der Waals surface area contributed by atoms with Crippen LogP contribution in [0.1, 0.15) is 31.0 Å². The summed E-state index contributed by atoms with van der Waals surface area (Å²) in [5.74, 6) is 1.70. The van der Waals surface area contributed by atoms with E-state index in [4.69, 9.17) is 9.26 Å². The van der Waals surface area contributed by atoms with Gasteiger partial charge in [0.1, 0.15) is 0 Å². The molecule has 14 heavy (non-hydrogen) atoms. The summed E-state index contributed by atoms with van der Waals surface area (Å²) < 4.78 is 10.6. The molecule has 2 rings (SSSR count). The van der Waals surface area contributed by atoms with E-state index in [2.05, 4.69) is 22.4 Å². The van der Waals surface area contributed by atoms with Gasteiger partial charge in [0.2, 0.25) is 5.89 Å². The largest absolute Gasteiger partial charge is 0.378 e. The van der Waals surface area contributed by atoms with Gasteiger partial charge >= 0.3 is 0 Å². The average molecular weight is 197 g/mol. The summed E-state index contributed by atoms with van der Waals surface area (Å²) in [5.41, 5.74) is 0. The molecule has 0 aromatic carbocycles. The highest BCUT2D eigenvalue weighted by Crippen LogP contribution is 2.27. The Morgan fingerprint density at radius 3 is 3.07 bits per heavy atom. The van der Waals surface area contributed by atoms with Crippen LogP contribution in [0.25, 0.3) is 0 Å². The topological polar surface area (TPSA) is 60.2 Å². The Hall–Kier alpha value is -0.940. The van der Waals surface area contributed by atoms with Gasteiger partial charge in [-0.1, -0.05) is 5.16 Å². The van der Waals surface area contributed by atoms with Crippen LogP contribution in [0.5, 0.6) is 0 Å². The molecule has 5 nitrogen and oxygen atoms in total. The molecule has 1 aromatic heterocycles. The number of rotatable bonds is 3. The van der Waals surface area contributed by atoms with E-state index in [1.54, 1.807) is 0 Å². The summed E-state index contributed by atoms with van der Waals surface area (Å²) >= 11 is 0. The van der Waals surface area contributed by atoms with E-state index < -0.39 is 0 Å². The van der Waals surface area contributed by atoms with Crippen LogP contribution < -0.4 is 5.32 Å². The molecule has 5 heteroatoms. The van der Waals surface area contributed by atoms with Crippen molar-refractivity contribution < 1.29 is 9.26 Å². The van der Waals surface area contributed by atoms with Crippen molar-refractivity contribution in [1.29, 1.82) is 0 Å². The lowest BCUT2D eigenvalue weighted by Gasteiger charge is -1.98. The summed E-state index contributed by atoms with van der Waals surface area (Å²) in [5, 5.41) is 6.85. The van der Waals surface area contributed by atoms with Gasteiger partial charge in [-0.3, -0.25) is 0 Å². The van der Waals surface area contributed by atoms with Crippen LogP contribution in [0.3, 0.4) is 0 Å². The van der Waals surface area contributed by atoms with Crippen LogP contribution in [0.4, 0.5) is 0 Å². The minimum absolute atomic E-state index is 0.281. The van der Waals surface area contributed by atoms with Crippen molar-refractivity contribution in [3.05, 3.63) is 11.7 Å². The van der Waals surface area contributed by atoms with Gasteiger partial charge in [0.15, 0.2) is 5.82 Å². The first kappa shape index (κ1) is 9.61. The zero-order valence-electron chi connectivity index (χ0n) is 8.49. The maximum atomic E-state index is 5.45. The molecular weight excluding hydrogens is 182 g/mol. The van der Waals surface area contributed by atoms with Crippen molar-refractivity contribution in [2.24, 2.45) is 0 Å². The van der Waals surface area contributed by atoms with Crippen LogP contribution in [0, 0.1) is 0 Å². The molecule has 0 amide bonds. The Kier molecular flexibility index (Phi) is 2.79. The summed E-state index contributed by atoms with van der Waals surface area (Å²) in [6.07, 6.45) is 1.28. The smallest absolute Gasteiger partial charge is 0.232 e. The molecule has 2 unspecified atom stereocenters. The lowest BCUT2D eigenvalue weighted by Crippen LogP contribution is -2.07. The van der Waals surface area contributed by atoms with Gasteiger partial charge < -0.3 is 14.6 Å². The molecule has 1 aliphatic rings. The fourth-order valence-electron chi connectivity index (χ4n) is 1.65. The lowest BCUT2D eigenvalue weighted by molar-refractivity contribution is 0.122. The van der Waals surface area contributed by atoms with E-state index in [0.717, 1.165) is 6.42 Å². The van der Waals surface area contributed by atoms with Gasteiger partial charge in [0.25, 0.3) is 0 Å². The molecule has 1 fully saturated rings. The highest BCUT2D eigenvalue weighted by Gasteiger charge is 2.28. The predicted octanol–water partition coefficient (Wildman–Crippen LogP) is 0.681. The summed E-state index contributed by atoms with van der Waals surface area (Å²) in [6, 6.07) is 0. The monoisotopic (exact) mass is 197 g/mol. The third-order valence-electron chi connectivity index (χ3n) is 2.37. The molecule has 1 aromatic rings. The van der Waals surface area contributed by atoms with Crippen LogP contribution in [-0.2, 0) is 11.3 Å². The summed E-state index contributed by atoms with van der Waals surface area (Å²) in [4.78, 5) is 4.30. The first-order valence-corrected chi connectivity index (χ1v) is 4.88.